The van der Waals surface area contributed by atoms with E-state index in [4.69, 9.17) is 5.73 Å². The molecule has 0 radical (unpaired) electrons. The second-order valence-corrected chi connectivity index (χ2v) is 4.37. The third-order valence-corrected chi connectivity index (χ3v) is 2.69. The number of aryl methyl sites for hydroxylation is 1. The molecule has 0 aliphatic rings. The molecule has 80 valence electrons. The van der Waals surface area contributed by atoms with Gasteiger partial charge in [0.15, 0.2) is 0 Å². The predicted molar refractivity (Wildman–Crippen MR) is 61.5 cm³/mol. The Labute approximate surface area is 88.5 Å². The summed E-state index contributed by atoms with van der Waals surface area (Å²) in [6, 6.07) is 5.63. The van der Waals surface area contributed by atoms with Gasteiger partial charge in [0.05, 0.1) is 5.52 Å². The number of hydrogen-bond donors (Lipinski definition) is 1. The molecule has 1 aromatic heterocycles. The highest BCUT2D eigenvalue weighted by molar-refractivity contribution is 5.95. The summed E-state index contributed by atoms with van der Waals surface area (Å²) in [6.45, 7) is 3.10. The summed E-state index contributed by atoms with van der Waals surface area (Å²) in [4.78, 5) is 0. The lowest BCUT2D eigenvalue weighted by Crippen LogP contribution is -2.08. The Kier molecular flexibility index (Phi) is 2.00. The average Bonchev–Trinajstić information content (AvgIpc) is 2.45. The Morgan fingerprint density at radius 2 is 2.00 bits per heavy atom. The Morgan fingerprint density at radius 1 is 1.33 bits per heavy atom. The summed E-state index contributed by atoms with van der Waals surface area (Å²) in [6.07, 6.45) is 1.81. The number of hydrogen-bond acceptors (Lipinski definition) is 1. The summed E-state index contributed by atoms with van der Waals surface area (Å²) < 4.78 is 15.9. The van der Waals surface area contributed by atoms with Crippen molar-refractivity contribution >= 4 is 16.6 Å². The van der Waals surface area contributed by atoms with Crippen LogP contribution in [0, 0.1) is 0 Å². The van der Waals surface area contributed by atoms with Crippen LogP contribution in [0.25, 0.3) is 10.9 Å². The van der Waals surface area contributed by atoms with Gasteiger partial charge in [0.1, 0.15) is 5.67 Å². The van der Waals surface area contributed by atoms with Crippen LogP contribution in [0.1, 0.15) is 19.4 Å². The van der Waals surface area contributed by atoms with E-state index in [2.05, 4.69) is 0 Å². The molecule has 1 heterocycles. The molecule has 0 fully saturated rings. The van der Waals surface area contributed by atoms with E-state index < -0.39 is 5.67 Å². The number of fused-ring (bicyclic) bond motifs is 1. The lowest BCUT2D eigenvalue weighted by atomic mass is 9.99. The zero-order chi connectivity index (χ0) is 11.2. The largest absolute Gasteiger partial charge is 0.398 e. The van der Waals surface area contributed by atoms with E-state index in [9.17, 15) is 4.39 Å². The van der Waals surface area contributed by atoms with Crippen molar-refractivity contribution in [1.29, 1.82) is 0 Å². The molecule has 15 heavy (non-hydrogen) atoms. The molecule has 1 aromatic carbocycles. The molecule has 0 aliphatic heterocycles. The molecule has 0 unspecified atom stereocenters. The highest BCUT2D eigenvalue weighted by atomic mass is 19.1. The second kappa shape index (κ2) is 2.99. The van der Waals surface area contributed by atoms with E-state index in [1.54, 1.807) is 26.1 Å². The SMILES string of the molecule is Cn1cc(C(C)(C)F)c2c(N)cccc21. The van der Waals surface area contributed by atoms with E-state index in [0.717, 1.165) is 10.9 Å². The van der Waals surface area contributed by atoms with Crippen LogP contribution in [0.2, 0.25) is 0 Å². The van der Waals surface area contributed by atoms with Gasteiger partial charge in [0.2, 0.25) is 0 Å². The number of rotatable bonds is 1. The van der Waals surface area contributed by atoms with Gasteiger partial charge in [-0.05, 0) is 26.0 Å². The summed E-state index contributed by atoms with van der Waals surface area (Å²) in [5, 5.41) is 0.826. The minimum atomic E-state index is -1.37. The van der Waals surface area contributed by atoms with Gasteiger partial charge in [-0.25, -0.2) is 4.39 Å². The van der Waals surface area contributed by atoms with Gasteiger partial charge >= 0.3 is 0 Å². The molecule has 0 aliphatic carbocycles. The zero-order valence-electron chi connectivity index (χ0n) is 9.21. The smallest absolute Gasteiger partial charge is 0.132 e. The van der Waals surface area contributed by atoms with Crippen LogP contribution in [-0.4, -0.2) is 4.57 Å². The van der Waals surface area contributed by atoms with Crippen molar-refractivity contribution in [3.8, 4) is 0 Å². The monoisotopic (exact) mass is 206 g/mol. The highest BCUT2D eigenvalue weighted by Crippen LogP contribution is 2.35. The lowest BCUT2D eigenvalue weighted by Gasteiger charge is -2.13. The fourth-order valence-electron chi connectivity index (χ4n) is 1.92. The van der Waals surface area contributed by atoms with Gasteiger partial charge in [-0.2, -0.15) is 0 Å². The standard InChI is InChI=1S/C12H15FN2/c1-12(2,13)8-7-15(3)10-6-4-5-9(14)11(8)10/h4-7H,14H2,1-3H3. The molecule has 2 aromatic rings. The van der Waals surface area contributed by atoms with Crippen LogP contribution in [-0.2, 0) is 12.7 Å². The molecule has 2 nitrogen and oxygen atoms in total. The molecule has 0 atom stereocenters. The summed E-state index contributed by atoms with van der Waals surface area (Å²) in [7, 11) is 1.90. The Morgan fingerprint density at radius 3 is 2.60 bits per heavy atom. The number of aromatic nitrogens is 1. The molecular weight excluding hydrogens is 191 g/mol. The first-order chi connectivity index (χ1) is 6.91. The first-order valence-corrected chi connectivity index (χ1v) is 4.94. The van der Waals surface area contributed by atoms with Crippen molar-refractivity contribution in [2.24, 2.45) is 7.05 Å². The normalized spacial score (nSPS) is 12.3. The molecule has 0 saturated heterocycles. The average molecular weight is 206 g/mol. The van der Waals surface area contributed by atoms with Crippen molar-refractivity contribution in [3.05, 3.63) is 30.0 Å². The van der Waals surface area contributed by atoms with E-state index in [-0.39, 0.29) is 0 Å². The maximum absolute atomic E-state index is 14.0. The molecule has 0 amide bonds. The first kappa shape index (κ1) is 10.0. The second-order valence-electron chi connectivity index (χ2n) is 4.37. The van der Waals surface area contributed by atoms with Crippen LogP contribution < -0.4 is 5.73 Å². The topological polar surface area (TPSA) is 30.9 Å². The fraction of sp³-hybridized carbons (Fsp3) is 0.333. The van der Waals surface area contributed by atoms with Gasteiger partial charge in [-0.15, -0.1) is 0 Å². The lowest BCUT2D eigenvalue weighted by molar-refractivity contribution is 0.223. The predicted octanol–water partition coefficient (Wildman–Crippen LogP) is 2.97. The quantitative estimate of drug-likeness (QED) is 0.714. The maximum atomic E-state index is 14.0. The summed E-state index contributed by atoms with van der Waals surface area (Å²) >= 11 is 0. The summed E-state index contributed by atoms with van der Waals surface area (Å²) in [5.41, 5.74) is 6.77. The molecule has 2 rings (SSSR count). The van der Waals surface area contributed by atoms with Crippen LogP contribution in [0.4, 0.5) is 10.1 Å². The number of nitrogens with two attached hydrogens (primary N) is 1. The third kappa shape index (κ3) is 1.48. The van der Waals surface area contributed by atoms with Crippen molar-refractivity contribution in [2.45, 2.75) is 19.5 Å². The summed E-state index contributed by atoms with van der Waals surface area (Å²) in [5.74, 6) is 0. The Hall–Kier alpha value is -1.51. The van der Waals surface area contributed by atoms with E-state index in [1.807, 2.05) is 23.7 Å². The van der Waals surface area contributed by atoms with Crippen LogP contribution in [0.3, 0.4) is 0 Å². The number of alkyl halides is 1. The number of nitrogen functional groups attached to an aromatic ring is 1. The van der Waals surface area contributed by atoms with Gasteiger partial charge in [-0.3, -0.25) is 0 Å². The molecule has 3 heteroatoms. The van der Waals surface area contributed by atoms with Crippen molar-refractivity contribution in [1.82, 2.24) is 4.57 Å². The molecule has 0 bridgehead atoms. The molecule has 0 saturated carbocycles. The van der Waals surface area contributed by atoms with Crippen molar-refractivity contribution in [3.63, 3.8) is 0 Å². The van der Waals surface area contributed by atoms with E-state index in [0.29, 0.717) is 11.3 Å². The van der Waals surface area contributed by atoms with Gasteiger partial charge in [0, 0.05) is 29.9 Å². The maximum Gasteiger partial charge on any atom is 0.132 e. The zero-order valence-corrected chi connectivity index (χ0v) is 9.21. The van der Waals surface area contributed by atoms with Crippen LogP contribution in [0.15, 0.2) is 24.4 Å². The highest BCUT2D eigenvalue weighted by Gasteiger charge is 2.24. The van der Waals surface area contributed by atoms with Crippen molar-refractivity contribution in [2.75, 3.05) is 5.73 Å². The number of benzene rings is 1. The Balaban J connectivity index is 2.88. The van der Waals surface area contributed by atoms with Crippen LogP contribution >= 0.6 is 0 Å². The minimum absolute atomic E-state index is 0.633. The van der Waals surface area contributed by atoms with Crippen LogP contribution in [0.5, 0.6) is 0 Å². The van der Waals surface area contributed by atoms with Crippen molar-refractivity contribution < 1.29 is 4.39 Å². The minimum Gasteiger partial charge on any atom is -0.398 e. The van der Waals surface area contributed by atoms with Gasteiger partial charge in [0.25, 0.3) is 0 Å². The fourth-order valence-corrected chi connectivity index (χ4v) is 1.92. The first-order valence-electron chi connectivity index (χ1n) is 4.94. The third-order valence-electron chi connectivity index (χ3n) is 2.69. The van der Waals surface area contributed by atoms with Gasteiger partial charge < -0.3 is 10.3 Å². The van der Waals surface area contributed by atoms with Gasteiger partial charge in [-0.1, -0.05) is 6.07 Å². The molecular formula is C12H15FN2. The molecule has 0 spiro atoms. The number of halogens is 1. The Bertz CT molecular complexity index is 506. The van der Waals surface area contributed by atoms with E-state index in [1.165, 1.54) is 0 Å². The number of nitrogens with zero attached hydrogens (tertiary/aromatic N) is 1. The molecule has 2 N–H and O–H groups in total. The number of anilines is 1. The van der Waals surface area contributed by atoms with E-state index >= 15 is 0 Å².